The number of nitrogens with zero attached hydrogens (tertiary/aromatic N) is 3. The first-order chi connectivity index (χ1) is 9.43. The lowest BCUT2D eigenvalue weighted by Gasteiger charge is -2.37. The Bertz CT molecular complexity index is 503. The SMILES string of the molecule is Cc1nn(CC(=O)N2CC(CO)OCC2C)c(C)c1Cl. The maximum Gasteiger partial charge on any atom is 0.244 e. The highest BCUT2D eigenvalue weighted by Gasteiger charge is 2.29. The third kappa shape index (κ3) is 2.97. The summed E-state index contributed by atoms with van der Waals surface area (Å²) < 4.78 is 7.05. The number of aliphatic hydroxyl groups is 1. The topological polar surface area (TPSA) is 67.6 Å². The minimum atomic E-state index is -0.306. The van der Waals surface area contributed by atoms with Gasteiger partial charge in [0.25, 0.3) is 0 Å². The quantitative estimate of drug-likeness (QED) is 0.895. The van der Waals surface area contributed by atoms with Crippen molar-refractivity contribution in [2.24, 2.45) is 0 Å². The first-order valence-corrected chi connectivity index (χ1v) is 7.03. The maximum atomic E-state index is 12.4. The van der Waals surface area contributed by atoms with Crippen molar-refractivity contribution in [1.29, 1.82) is 0 Å². The summed E-state index contributed by atoms with van der Waals surface area (Å²) in [7, 11) is 0. The Balaban J connectivity index is 2.08. The molecule has 1 aliphatic heterocycles. The molecule has 0 radical (unpaired) electrons. The van der Waals surface area contributed by atoms with E-state index in [-0.39, 0.29) is 31.2 Å². The van der Waals surface area contributed by atoms with E-state index in [1.807, 2.05) is 20.8 Å². The molecule has 0 saturated carbocycles. The Morgan fingerprint density at radius 1 is 1.55 bits per heavy atom. The second-order valence-corrected chi connectivity index (χ2v) is 5.55. The number of morpholine rings is 1. The average Bonchev–Trinajstić information content (AvgIpc) is 2.67. The number of ether oxygens (including phenoxy) is 1. The molecule has 2 rings (SSSR count). The molecule has 1 N–H and O–H groups in total. The summed E-state index contributed by atoms with van der Waals surface area (Å²) in [5, 5.41) is 14.0. The van der Waals surface area contributed by atoms with Crippen LogP contribution in [0.5, 0.6) is 0 Å². The van der Waals surface area contributed by atoms with Gasteiger partial charge in [0, 0.05) is 6.54 Å². The lowest BCUT2D eigenvalue weighted by atomic mass is 10.2. The van der Waals surface area contributed by atoms with Crippen molar-refractivity contribution in [2.75, 3.05) is 19.8 Å². The van der Waals surface area contributed by atoms with Gasteiger partial charge in [0.1, 0.15) is 6.54 Å². The van der Waals surface area contributed by atoms with Crippen LogP contribution >= 0.6 is 11.6 Å². The van der Waals surface area contributed by atoms with Gasteiger partial charge in [-0.15, -0.1) is 0 Å². The molecule has 0 aromatic carbocycles. The van der Waals surface area contributed by atoms with Crippen molar-refractivity contribution in [3.8, 4) is 0 Å². The molecule has 7 heteroatoms. The number of aromatic nitrogens is 2. The molecule has 1 amide bonds. The van der Waals surface area contributed by atoms with Crippen LogP contribution in [0.4, 0.5) is 0 Å². The van der Waals surface area contributed by atoms with Crippen molar-refractivity contribution >= 4 is 17.5 Å². The van der Waals surface area contributed by atoms with Crippen LogP contribution in [0.2, 0.25) is 5.02 Å². The summed E-state index contributed by atoms with van der Waals surface area (Å²) in [6.07, 6.45) is -0.306. The molecule has 2 atom stereocenters. The summed E-state index contributed by atoms with van der Waals surface area (Å²) in [5.74, 6) is -0.0403. The first-order valence-electron chi connectivity index (χ1n) is 6.65. The van der Waals surface area contributed by atoms with Crippen molar-refractivity contribution in [2.45, 2.75) is 39.5 Å². The summed E-state index contributed by atoms with van der Waals surface area (Å²) in [6, 6.07) is -0.00210. The highest BCUT2D eigenvalue weighted by molar-refractivity contribution is 6.31. The summed E-state index contributed by atoms with van der Waals surface area (Å²) in [5.41, 5.74) is 1.51. The molecule has 2 heterocycles. The molecule has 1 fully saturated rings. The molecule has 1 aromatic heterocycles. The largest absolute Gasteiger partial charge is 0.394 e. The van der Waals surface area contributed by atoms with E-state index in [4.69, 9.17) is 21.4 Å². The van der Waals surface area contributed by atoms with Gasteiger partial charge in [0.15, 0.2) is 0 Å². The van der Waals surface area contributed by atoms with Gasteiger partial charge in [0.2, 0.25) is 5.91 Å². The Morgan fingerprint density at radius 3 is 2.80 bits per heavy atom. The minimum absolute atomic E-state index is 0.00210. The Hall–Kier alpha value is -1.11. The van der Waals surface area contributed by atoms with E-state index >= 15 is 0 Å². The molecule has 20 heavy (non-hydrogen) atoms. The molecule has 2 unspecified atom stereocenters. The van der Waals surface area contributed by atoms with E-state index in [1.54, 1.807) is 9.58 Å². The Morgan fingerprint density at radius 2 is 2.25 bits per heavy atom. The predicted octanol–water partition coefficient (Wildman–Crippen LogP) is 0.762. The van der Waals surface area contributed by atoms with Crippen molar-refractivity contribution in [3.05, 3.63) is 16.4 Å². The van der Waals surface area contributed by atoms with Gasteiger partial charge in [-0.3, -0.25) is 9.48 Å². The number of carbonyl (C=O) groups is 1. The number of halogens is 1. The van der Waals surface area contributed by atoms with Crippen molar-refractivity contribution in [3.63, 3.8) is 0 Å². The number of hydrogen-bond acceptors (Lipinski definition) is 4. The highest BCUT2D eigenvalue weighted by Crippen LogP contribution is 2.19. The molecule has 0 aliphatic carbocycles. The summed E-state index contributed by atoms with van der Waals surface area (Å²) in [4.78, 5) is 14.1. The average molecular weight is 302 g/mol. The van der Waals surface area contributed by atoms with Gasteiger partial charge in [-0.2, -0.15) is 5.10 Å². The fourth-order valence-electron chi connectivity index (χ4n) is 2.32. The third-order valence-corrected chi connectivity index (χ3v) is 4.15. The smallest absolute Gasteiger partial charge is 0.244 e. The number of carbonyl (C=O) groups excluding carboxylic acids is 1. The monoisotopic (exact) mass is 301 g/mol. The zero-order chi connectivity index (χ0) is 14.9. The van der Waals surface area contributed by atoms with Crippen LogP contribution in [-0.2, 0) is 16.1 Å². The zero-order valence-corrected chi connectivity index (χ0v) is 12.7. The second-order valence-electron chi connectivity index (χ2n) is 5.18. The molecular weight excluding hydrogens is 282 g/mol. The normalized spacial score (nSPS) is 23.1. The van der Waals surface area contributed by atoms with Gasteiger partial charge in [-0.1, -0.05) is 11.6 Å². The summed E-state index contributed by atoms with van der Waals surface area (Å²) >= 11 is 6.08. The van der Waals surface area contributed by atoms with Crippen LogP contribution in [0, 0.1) is 13.8 Å². The second kappa shape index (κ2) is 6.11. The van der Waals surface area contributed by atoms with Crippen LogP contribution in [-0.4, -0.2) is 57.6 Å². The van der Waals surface area contributed by atoms with E-state index in [9.17, 15) is 4.79 Å². The van der Waals surface area contributed by atoms with Gasteiger partial charge in [0.05, 0.1) is 41.8 Å². The number of amides is 1. The van der Waals surface area contributed by atoms with Gasteiger partial charge >= 0.3 is 0 Å². The van der Waals surface area contributed by atoms with Crippen LogP contribution in [0.1, 0.15) is 18.3 Å². The standard InChI is InChI=1S/C13H20ClN3O3/c1-8-7-20-11(6-18)4-16(8)12(19)5-17-10(3)13(14)9(2)15-17/h8,11,18H,4-7H2,1-3H3. The molecule has 6 nitrogen and oxygen atoms in total. The number of rotatable bonds is 3. The molecular formula is C13H20ClN3O3. The molecule has 1 aromatic rings. The van der Waals surface area contributed by atoms with Gasteiger partial charge < -0.3 is 14.7 Å². The molecule has 1 saturated heterocycles. The van der Waals surface area contributed by atoms with Gasteiger partial charge in [-0.05, 0) is 20.8 Å². The third-order valence-electron chi connectivity index (χ3n) is 3.61. The fourth-order valence-corrected chi connectivity index (χ4v) is 2.46. The molecule has 0 bridgehead atoms. The number of aryl methyl sites for hydroxylation is 1. The number of aliphatic hydroxyl groups excluding tert-OH is 1. The summed E-state index contributed by atoms with van der Waals surface area (Å²) in [6.45, 7) is 6.51. The van der Waals surface area contributed by atoms with Gasteiger partial charge in [-0.25, -0.2) is 0 Å². The zero-order valence-electron chi connectivity index (χ0n) is 12.0. The van der Waals surface area contributed by atoms with Crippen LogP contribution in [0.25, 0.3) is 0 Å². The molecule has 0 spiro atoms. The Kier molecular flexibility index (Phi) is 4.67. The van der Waals surface area contributed by atoms with E-state index in [2.05, 4.69) is 5.10 Å². The first kappa shape index (κ1) is 15.3. The van der Waals surface area contributed by atoms with E-state index in [0.717, 1.165) is 11.4 Å². The fraction of sp³-hybridized carbons (Fsp3) is 0.692. The maximum absolute atomic E-state index is 12.4. The Labute approximate surface area is 123 Å². The van der Waals surface area contributed by atoms with Crippen LogP contribution in [0.3, 0.4) is 0 Å². The van der Waals surface area contributed by atoms with Crippen molar-refractivity contribution in [1.82, 2.24) is 14.7 Å². The van der Waals surface area contributed by atoms with Crippen molar-refractivity contribution < 1.29 is 14.6 Å². The van der Waals surface area contributed by atoms with E-state index < -0.39 is 0 Å². The van der Waals surface area contributed by atoms with Crippen LogP contribution in [0.15, 0.2) is 0 Å². The minimum Gasteiger partial charge on any atom is -0.394 e. The van der Waals surface area contributed by atoms with E-state index in [1.165, 1.54) is 0 Å². The highest BCUT2D eigenvalue weighted by atomic mass is 35.5. The van der Waals surface area contributed by atoms with Crippen LogP contribution < -0.4 is 0 Å². The van der Waals surface area contributed by atoms with E-state index in [0.29, 0.717) is 18.2 Å². The molecule has 112 valence electrons. The predicted molar refractivity (Wildman–Crippen MR) is 74.7 cm³/mol. The number of hydrogen-bond donors (Lipinski definition) is 1. The molecule has 1 aliphatic rings. The lowest BCUT2D eigenvalue weighted by molar-refractivity contribution is -0.147. The lowest BCUT2D eigenvalue weighted by Crippen LogP contribution is -2.52.